The largest absolute Gasteiger partial charge is 0.394 e. The van der Waals surface area contributed by atoms with Gasteiger partial charge in [0.15, 0.2) is 0 Å². The zero-order valence-corrected chi connectivity index (χ0v) is 13.9. The lowest BCUT2D eigenvalue weighted by Gasteiger charge is -2.09. The Labute approximate surface area is 145 Å². The Balaban J connectivity index is 2.05. The van der Waals surface area contributed by atoms with E-state index in [0.717, 1.165) is 28.1 Å². The summed E-state index contributed by atoms with van der Waals surface area (Å²) in [4.78, 5) is 0. The number of nitrogens with zero attached hydrogens (tertiary/aromatic N) is 1. The molecule has 5 heteroatoms. The number of aromatic amines is 1. The van der Waals surface area contributed by atoms with Crippen molar-refractivity contribution in [2.45, 2.75) is 18.9 Å². The fourth-order valence-electron chi connectivity index (χ4n) is 2.72. The van der Waals surface area contributed by atoms with Crippen LogP contribution >= 0.6 is 11.6 Å². The molecule has 1 atom stereocenters. The molecule has 0 bridgehead atoms. The number of rotatable bonds is 6. The average Bonchev–Trinajstić information content (AvgIpc) is 3.04. The number of halogens is 1. The molecule has 24 heavy (non-hydrogen) atoms. The van der Waals surface area contributed by atoms with Gasteiger partial charge in [-0.05, 0) is 30.5 Å². The number of aliphatic hydroxyl groups excluding tert-OH is 2. The van der Waals surface area contributed by atoms with Gasteiger partial charge >= 0.3 is 0 Å². The summed E-state index contributed by atoms with van der Waals surface area (Å²) in [6.45, 7) is -0.244. The van der Waals surface area contributed by atoms with Crippen molar-refractivity contribution in [2.24, 2.45) is 0 Å². The van der Waals surface area contributed by atoms with Crippen LogP contribution in [-0.2, 0) is 6.42 Å². The first-order chi connectivity index (χ1) is 11.7. The summed E-state index contributed by atoms with van der Waals surface area (Å²) >= 11 is 6.16. The van der Waals surface area contributed by atoms with Gasteiger partial charge < -0.3 is 10.2 Å². The van der Waals surface area contributed by atoms with E-state index in [1.165, 1.54) is 0 Å². The van der Waals surface area contributed by atoms with Crippen LogP contribution in [0.1, 0.15) is 12.1 Å². The molecule has 124 valence electrons. The molecule has 2 aromatic carbocycles. The van der Waals surface area contributed by atoms with Gasteiger partial charge in [0.2, 0.25) is 0 Å². The van der Waals surface area contributed by atoms with Gasteiger partial charge in [0.05, 0.1) is 12.7 Å². The van der Waals surface area contributed by atoms with Crippen LogP contribution in [0.25, 0.3) is 22.4 Å². The normalized spacial score (nSPS) is 12.3. The minimum Gasteiger partial charge on any atom is -0.394 e. The number of aryl methyl sites for hydroxylation is 1. The molecule has 3 rings (SSSR count). The zero-order chi connectivity index (χ0) is 16.9. The van der Waals surface area contributed by atoms with Gasteiger partial charge in [0, 0.05) is 21.8 Å². The maximum Gasteiger partial charge on any atom is 0.100 e. The minimum absolute atomic E-state index is 0.244. The van der Waals surface area contributed by atoms with E-state index in [9.17, 15) is 5.11 Å². The molecule has 1 aromatic heterocycles. The van der Waals surface area contributed by atoms with Gasteiger partial charge in [0.1, 0.15) is 5.69 Å². The SMILES string of the molecule is OC[C@H](O)CCc1[nH]nc(-c2ccccc2)c1-c1cccc(Cl)c1. The fourth-order valence-corrected chi connectivity index (χ4v) is 2.91. The number of benzene rings is 2. The van der Waals surface area contributed by atoms with Crippen molar-refractivity contribution in [3.63, 3.8) is 0 Å². The monoisotopic (exact) mass is 342 g/mol. The van der Waals surface area contributed by atoms with E-state index < -0.39 is 6.10 Å². The summed E-state index contributed by atoms with van der Waals surface area (Å²) in [5.41, 5.74) is 4.74. The van der Waals surface area contributed by atoms with Gasteiger partial charge in [-0.2, -0.15) is 5.10 Å². The molecule has 1 heterocycles. The highest BCUT2D eigenvalue weighted by molar-refractivity contribution is 6.30. The average molecular weight is 343 g/mol. The quantitative estimate of drug-likeness (QED) is 0.640. The molecule has 0 spiro atoms. The maximum atomic E-state index is 9.64. The Morgan fingerprint density at radius 3 is 2.50 bits per heavy atom. The van der Waals surface area contributed by atoms with Gasteiger partial charge in [-0.1, -0.05) is 54.1 Å². The predicted molar refractivity (Wildman–Crippen MR) is 95.9 cm³/mol. The molecule has 0 radical (unpaired) electrons. The zero-order valence-electron chi connectivity index (χ0n) is 13.1. The number of aliphatic hydroxyl groups is 2. The van der Waals surface area contributed by atoms with Crippen molar-refractivity contribution in [3.05, 3.63) is 65.3 Å². The molecule has 0 saturated heterocycles. The topological polar surface area (TPSA) is 69.1 Å². The van der Waals surface area contributed by atoms with E-state index >= 15 is 0 Å². The third kappa shape index (κ3) is 3.67. The third-order valence-electron chi connectivity index (χ3n) is 3.94. The second-order valence-corrected chi connectivity index (χ2v) is 6.11. The molecule has 3 N–H and O–H groups in total. The van der Waals surface area contributed by atoms with Gasteiger partial charge in [-0.3, -0.25) is 5.10 Å². The second kappa shape index (κ2) is 7.62. The molecule has 0 unspecified atom stereocenters. The summed E-state index contributed by atoms with van der Waals surface area (Å²) in [5, 5.41) is 26.9. The molecule has 0 aliphatic heterocycles. The molecule has 0 amide bonds. The first-order valence-electron chi connectivity index (χ1n) is 7.86. The molecule has 4 nitrogen and oxygen atoms in total. The van der Waals surface area contributed by atoms with Crippen molar-refractivity contribution in [2.75, 3.05) is 6.61 Å². The van der Waals surface area contributed by atoms with Crippen LogP contribution in [0.5, 0.6) is 0 Å². The Morgan fingerprint density at radius 1 is 1.04 bits per heavy atom. The van der Waals surface area contributed by atoms with Crippen LogP contribution in [0.4, 0.5) is 0 Å². The lowest BCUT2D eigenvalue weighted by Crippen LogP contribution is -2.13. The third-order valence-corrected chi connectivity index (χ3v) is 4.18. The molecule has 3 aromatic rings. The first kappa shape index (κ1) is 16.7. The molecule has 0 aliphatic rings. The fraction of sp³-hybridized carbons (Fsp3) is 0.211. The van der Waals surface area contributed by atoms with Crippen molar-refractivity contribution in [1.29, 1.82) is 0 Å². The van der Waals surface area contributed by atoms with Crippen molar-refractivity contribution >= 4 is 11.6 Å². The van der Waals surface area contributed by atoms with Gasteiger partial charge in [-0.15, -0.1) is 0 Å². The second-order valence-electron chi connectivity index (χ2n) is 5.68. The Morgan fingerprint density at radius 2 is 1.79 bits per heavy atom. The van der Waals surface area contributed by atoms with E-state index in [1.807, 2.05) is 54.6 Å². The van der Waals surface area contributed by atoms with Crippen LogP contribution in [0.2, 0.25) is 5.02 Å². The maximum absolute atomic E-state index is 9.64. The molecule has 0 fully saturated rings. The molecular formula is C19H19ClN2O2. The molecule has 0 saturated carbocycles. The highest BCUT2D eigenvalue weighted by atomic mass is 35.5. The van der Waals surface area contributed by atoms with E-state index in [-0.39, 0.29) is 6.61 Å². The van der Waals surface area contributed by atoms with Crippen LogP contribution in [0, 0.1) is 0 Å². The molecular weight excluding hydrogens is 324 g/mol. The lowest BCUT2D eigenvalue weighted by molar-refractivity contribution is 0.0884. The molecule has 0 aliphatic carbocycles. The number of nitrogens with one attached hydrogen (secondary N) is 1. The summed E-state index contributed by atoms with van der Waals surface area (Å²) < 4.78 is 0. The van der Waals surface area contributed by atoms with E-state index in [0.29, 0.717) is 17.9 Å². The van der Waals surface area contributed by atoms with Crippen molar-refractivity contribution < 1.29 is 10.2 Å². The van der Waals surface area contributed by atoms with E-state index in [4.69, 9.17) is 16.7 Å². The summed E-state index contributed by atoms with van der Waals surface area (Å²) in [5.74, 6) is 0. The smallest absolute Gasteiger partial charge is 0.100 e. The Bertz CT molecular complexity index is 802. The predicted octanol–water partition coefficient (Wildman–Crippen LogP) is 3.68. The Hall–Kier alpha value is -2.14. The van der Waals surface area contributed by atoms with Crippen molar-refractivity contribution in [3.8, 4) is 22.4 Å². The highest BCUT2D eigenvalue weighted by Gasteiger charge is 2.17. The Kier molecular flexibility index (Phi) is 5.30. The van der Waals surface area contributed by atoms with Crippen LogP contribution in [0.15, 0.2) is 54.6 Å². The van der Waals surface area contributed by atoms with Gasteiger partial charge in [0.25, 0.3) is 0 Å². The van der Waals surface area contributed by atoms with Crippen LogP contribution in [-0.4, -0.2) is 33.1 Å². The lowest BCUT2D eigenvalue weighted by atomic mass is 9.97. The summed E-state index contributed by atoms with van der Waals surface area (Å²) in [6.07, 6.45) is 0.310. The van der Waals surface area contributed by atoms with E-state index in [1.54, 1.807) is 0 Å². The van der Waals surface area contributed by atoms with Crippen LogP contribution in [0.3, 0.4) is 0 Å². The van der Waals surface area contributed by atoms with Crippen LogP contribution < -0.4 is 0 Å². The minimum atomic E-state index is -0.735. The van der Waals surface area contributed by atoms with E-state index in [2.05, 4.69) is 10.2 Å². The standard InChI is InChI=1S/C19H19ClN2O2/c20-15-8-4-7-14(11-15)18-17(10-9-16(24)12-23)21-22-19(18)13-5-2-1-3-6-13/h1-8,11,16,23-24H,9-10,12H2,(H,21,22)/t16-/m1/s1. The number of hydrogen-bond acceptors (Lipinski definition) is 3. The number of aromatic nitrogens is 2. The first-order valence-corrected chi connectivity index (χ1v) is 8.24. The van der Waals surface area contributed by atoms with Crippen molar-refractivity contribution in [1.82, 2.24) is 10.2 Å². The number of hydrogen-bond donors (Lipinski definition) is 3. The number of H-pyrrole nitrogens is 1. The highest BCUT2D eigenvalue weighted by Crippen LogP contribution is 2.34. The summed E-state index contributed by atoms with van der Waals surface area (Å²) in [6, 6.07) is 17.6. The summed E-state index contributed by atoms with van der Waals surface area (Å²) in [7, 11) is 0. The van der Waals surface area contributed by atoms with Gasteiger partial charge in [-0.25, -0.2) is 0 Å².